The van der Waals surface area contributed by atoms with Crippen LogP contribution in [0.5, 0.6) is 0 Å². The Morgan fingerprint density at radius 3 is 3.06 bits per heavy atom. The Bertz CT molecular complexity index is 203. The van der Waals surface area contributed by atoms with E-state index in [-0.39, 0.29) is 11.9 Å². The number of nitrogens with one attached hydrogen (secondary N) is 1. The fourth-order valence-electron chi connectivity index (χ4n) is 2.03. The van der Waals surface area contributed by atoms with Crippen molar-refractivity contribution in [3.8, 4) is 0 Å². The molecule has 1 fully saturated rings. The van der Waals surface area contributed by atoms with Crippen LogP contribution in [0.2, 0.25) is 0 Å². The first-order chi connectivity index (χ1) is 7.72. The number of amides is 1. The van der Waals surface area contributed by atoms with Gasteiger partial charge in [0.1, 0.15) is 0 Å². The summed E-state index contributed by atoms with van der Waals surface area (Å²) in [6.45, 7) is 3.66. The van der Waals surface area contributed by atoms with Crippen LogP contribution >= 0.6 is 0 Å². The van der Waals surface area contributed by atoms with E-state index in [1.807, 2.05) is 0 Å². The Morgan fingerprint density at radius 1 is 1.62 bits per heavy atom. The van der Waals surface area contributed by atoms with Crippen LogP contribution in [0.4, 0.5) is 0 Å². The largest absolute Gasteiger partial charge is 0.378 e. The molecule has 0 radical (unpaired) electrons. The molecule has 0 aliphatic carbocycles. The molecule has 4 nitrogen and oxygen atoms in total. The van der Waals surface area contributed by atoms with Gasteiger partial charge < -0.3 is 15.8 Å². The summed E-state index contributed by atoms with van der Waals surface area (Å²) >= 11 is 0. The fourth-order valence-corrected chi connectivity index (χ4v) is 2.03. The Hall–Kier alpha value is -0.610. The summed E-state index contributed by atoms with van der Waals surface area (Å²) < 4.78 is 5.48. The van der Waals surface area contributed by atoms with Crippen LogP contribution in [-0.2, 0) is 9.53 Å². The molecule has 94 valence electrons. The van der Waals surface area contributed by atoms with Crippen molar-refractivity contribution >= 4 is 5.91 Å². The van der Waals surface area contributed by atoms with Gasteiger partial charge in [0.15, 0.2) is 0 Å². The predicted molar refractivity (Wildman–Crippen MR) is 64.1 cm³/mol. The van der Waals surface area contributed by atoms with Crippen molar-refractivity contribution < 1.29 is 9.53 Å². The Kier molecular flexibility index (Phi) is 6.42. The Balaban J connectivity index is 2.01. The number of nitrogens with two attached hydrogens (primary N) is 1. The van der Waals surface area contributed by atoms with Gasteiger partial charge >= 0.3 is 0 Å². The second kappa shape index (κ2) is 7.63. The third kappa shape index (κ3) is 5.47. The predicted octanol–water partition coefficient (Wildman–Crippen LogP) is 1.19. The normalized spacial score (nSPS) is 22.0. The van der Waals surface area contributed by atoms with Gasteiger partial charge in [-0.1, -0.05) is 13.3 Å². The van der Waals surface area contributed by atoms with E-state index in [2.05, 4.69) is 12.2 Å². The van der Waals surface area contributed by atoms with Gasteiger partial charge in [-0.2, -0.15) is 0 Å². The first-order valence-electron chi connectivity index (χ1n) is 6.36. The second-order valence-electron chi connectivity index (χ2n) is 4.53. The van der Waals surface area contributed by atoms with Crippen LogP contribution in [0.1, 0.15) is 45.4 Å². The lowest BCUT2D eigenvalue weighted by Crippen LogP contribution is -2.33. The van der Waals surface area contributed by atoms with E-state index in [1.54, 1.807) is 0 Å². The van der Waals surface area contributed by atoms with Gasteiger partial charge in [-0.3, -0.25) is 4.79 Å². The zero-order chi connectivity index (χ0) is 11.8. The monoisotopic (exact) mass is 228 g/mol. The molecule has 1 saturated heterocycles. The molecule has 0 spiro atoms. The maximum atomic E-state index is 11.5. The number of hydrogen-bond donors (Lipinski definition) is 2. The number of rotatable bonds is 7. The molecule has 1 heterocycles. The third-order valence-corrected chi connectivity index (χ3v) is 2.92. The van der Waals surface area contributed by atoms with Crippen LogP contribution in [0.25, 0.3) is 0 Å². The molecule has 0 bridgehead atoms. The molecule has 3 N–H and O–H groups in total. The molecule has 0 aromatic rings. The number of hydrogen-bond acceptors (Lipinski definition) is 3. The highest BCUT2D eigenvalue weighted by Gasteiger charge is 2.15. The van der Waals surface area contributed by atoms with Crippen LogP contribution in [0.15, 0.2) is 0 Å². The van der Waals surface area contributed by atoms with E-state index in [4.69, 9.17) is 10.5 Å². The van der Waals surface area contributed by atoms with E-state index in [0.29, 0.717) is 19.1 Å². The molecule has 1 amide bonds. The minimum atomic E-state index is 0.00716. The molecule has 1 rings (SSSR count). The highest BCUT2D eigenvalue weighted by molar-refractivity contribution is 5.76. The summed E-state index contributed by atoms with van der Waals surface area (Å²) in [6, 6.07) is 0.00716. The number of carbonyl (C=O) groups is 1. The standard InChI is InChI=1S/C12H24N2O2/c1-2-4-10(13)9-12(15)14-7-6-11-5-3-8-16-11/h10-11H,2-9,13H2,1H3,(H,14,15). The minimum Gasteiger partial charge on any atom is -0.378 e. The first kappa shape index (κ1) is 13.5. The van der Waals surface area contributed by atoms with E-state index < -0.39 is 0 Å². The van der Waals surface area contributed by atoms with E-state index >= 15 is 0 Å². The topological polar surface area (TPSA) is 64.4 Å². The van der Waals surface area contributed by atoms with Crippen LogP contribution in [0, 0.1) is 0 Å². The van der Waals surface area contributed by atoms with Crippen molar-refractivity contribution in [2.45, 2.75) is 57.6 Å². The van der Waals surface area contributed by atoms with Gasteiger partial charge in [-0.05, 0) is 25.7 Å². The summed E-state index contributed by atoms with van der Waals surface area (Å²) in [6.07, 6.45) is 5.95. The van der Waals surface area contributed by atoms with Crippen LogP contribution in [-0.4, -0.2) is 31.2 Å². The van der Waals surface area contributed by atoms with Crippen molar-refractivity contribution in [1.82, 2.24) is 5.32 Å². The second-order valence-corrected chi connectivity index (χ2v) is 4.53. The van der Waals surface area contributed by atoms with E-state index in [1.165, 1.54) is 0 Å². The lowest BCUT2D eigenvalue weighted by molar-refractivity contribution is -0.121. The highest BCUT2D eigenvalue weighted by atomic mass is 16.5. The molecular formula is C12H24N2O2. The van der Waals surface area contributed by atoms with Crippen molar-refractivity contribution in [1.29, 1.82) is 0 Å². The number of ether oxygens (including phenoxy) is 1. The summed E-state index contributed by atoms with van der Waals surface area (Å²) in [5.41, 5.74) is 5.79. The molecule has 0 saturated carbocycles. The molecule has 1 aliphatic rings. The molecule has 0 aromatic heterocycles. The van der Waals surface area contributed by atoms with Gasteiger partial charge in [0, 0.05) is 25.6 Å². The lowest BCUT2D eigenvalue weighted by atomic mass is 10.1. The molecule has 2 atom stereocenters. The van der Waals surface area contributed by atoms with Gasteiger partial charge in [-0.25, -0.2) is 0 Å². The van der Waals surface area contributed by atoms with Crippen molar-refractivity contribution in [2.24, 2.45) is 5.73 Å². The molecule has 0 aromatic carbocycles. The maximum Gasteiger partial charge on any atom is 0.221 e. The van der Waals surface area contributed by atoms with Crippen molar-refractivity contribution in [2.75, 3.05) is 13.2 Å². The minimum absolute atomic E-state index is 0.00716. The Labute approximate surface area is 97.9 Å². The average molecular weight is 228 g/mol. The van der Waals surface area contributed by atoms with Gasteiger partial charge in [0.2, 0.25) is 5.91 Å². The van der Waals surface area contributed by atoms with E-state index in [0.717, 1.165) is 38.7 Å². The van der Waals surface area contributed by atoms with Crippen LogP contribution < -0.4 is 11.1 Å². The summed E-state index contributed by atoms with van der Waals surface area (Å²) in [5.74, 6) is 0.0685. The molecule has 2 unspecified atom stereocenters. The first-order valence-corrected chi connectivity index (χ1v) is 6.36. The van der Waals surface area contributed by atoms with Crippen molar-refractivity contribution in [3.63, 3.8) is 0 Å². The SMILES string of the molecule is CCCC(N)CC(=O)NCCC1CCCO1. The maximum absolute atomic E-state index is 11.5. The molecule has 4 heteroatoms. The van der Waals surface area contributed by atoms with Gasteiger partial charge in [0.25, 0.3) is 0 Å². The summed E-state index contributed by atoms with van der Waals surface area (Å²) in [7, 11) is 0. The molecular weight excluding hydrogens is 204 g/mol. The summed E-state index contributed by atoms with van der Waals surface area (Å²) in [5, 5.41) is 2.90. The lowest BCUT2D eigenvalue weighted by Gasteiger charge is -2.12. The van der Waals surface area contributed by atoms with E-state index in [9.17, 15) is 4.79 Å². The molecule has 1 aliphatic heterocycles. The highest BCUT2D eigenvalue weighted by Crippen LogP contribution is 2.14. The van der Waals surface area contributed by atoms with Crippen LogP contribution in [0.3, 0.4) is 0 Å². The summed E-state index contributed by atoms with van der Waals surface area (Å²) in [4.78, 5) is 11.5. The van der Waals surface area contributed by atoms with Crippen molar-refractivity contribution in [3.05, 3.63) is 0 Å². The third-order valence-electron chi connectivity index (χ3n) is 2.92. The quantitative estimate of drug-likeness (QED) is 0.688. The molecule has 16 heavy (non-hydrogen) atoms. The average Bonchev–Trinajstić information content (AvgIpc) is 2.70. The fraction of sp³-hybridized carbons (Fsp3) is 0.917. The van der Waals surface area contributed by atoms with Gasteiger partial charge in [0.05, 0.1) is 6.10 Å². The zero-order valence-corrected chi connectivity index (χ0v) is 10.2. The number of carbonyl (C=O) groups excluding carboxylic acids is 1. The zero-order valence-electron chi connectivity index (χ0n) is 10.2. The smallest absolute Gasteiger partial charge is 0.221 e. The Morgan fingerprint density at radius 2 is 2.44 bits per heavy atom. The van der Waals surface area contributed by atoms with Gasteiger partial charge in [-0.15, -0.1) is 0 Å².